The molecule has 124 valence electrons. The lowest BCUT2D eigenvalue weighted by Crippen LogP contribution is -2.22. The summed E-state index contributed by atoms with van der Waals surface area (Å²) in [6.45, 7) is 2.19. The molecule has 1 aliphatic carbocycles. The van der Waals surface area contributed by atoms with Crippen molar-refractivity contribution in [3.05, 3.63) is 18.2 Å². The van der Waals surface area contributed by atoms with E-state index in [1.54, 1.807) is 19.2 Å². The van der Waals surface area contributed by atoms with Crippen molar-refractivity contribution < 1.29 is 9.53 Å². The highest BCUT2D eigenvalue weighted by Crippen LogP contribution is 2.32. The van der Waals surface area contributed by atoms with Gasteiger partial charge >= 0.3 is 0 Å². The second kappa shape index (κ2) is 8.89. The first-order valence-corrected chi connectivity index (χ1v) is 7.83. The van der Waals surface area contributed by atoms with Crippen LogP contribution in [-0.4, -0.2) is 13.0 Å². The molecule has 3 N–H and O–H groups in total. The first-order valence-electron chi connectivity index (χ1n) is 7.83. The summed E-state index contributed by atoms with van der Waals surface area (Å²) >= 11 is 0. The Hall–Kier alpha value is -1.42. The number of ether oxygens (including phenoxy) is 1. The topological polar surface area (TPSA) is 64.3 Å². The van der Waals surface area contributed by atoms with Gasteiger partial charge < -0.3 is 15.8 Å². The monoisotopic (exact) mass is 326 g/mol. The summed E-state index contributed by atoms with van der Waals surface area (Å²) in [7, 11) is 1.58. The van der Waals surface area contributed by atoms with Crippen molar-refractivity contribution in [2.75, 3.05) is 18.2 Å². The van der Waals surface area contributed by atoms with Gasteiger partial charge in [0.05, 0.1) is 12.8 Å². The number of halogens is 1. The molecule has 2 rings (SSSR count). The van der Waals surface area contributed by atoms with E-state index in [0.717, 1.165) is 5.69 Å². The first-order chi connectivity index (χ1) is 10.1. The zero-order valence-corrected chi connectivity index (χ0v) is 14.2. The van der Waals surface area contributed by atoms with Gasteiger partial charge in [0.15, 0.2) is 0 Å². The Bertz CT molecular complexity index is 488. The van der Waals surface area contributed by atoms with Crippen molar-refractivity contribution >= 4 is 29.7 Å². The van der Waals surface area contributed by atoms with Crippen molar-refractivity contribution in [3.63, 3.8) is 0 Å². The second-order valence-corrected chi connectivity index (χ2v) is 6.08. The average molecular weight is 327 g/mol. The molecular formula is C17H27ClN2O2. The summed E-state index contributed by atoms with van der Waals surface area (Å²) in [4.78, 5) is 12.1. The van der Waals surface area contributed by atoms with Crippen molar-refractivity contribution in [2.24, 2.45) is 11.8 Å². The third kappa shape index (κ3) is 5.09. The lowest BCUT2D eigenvalue weighted by Gasteiger charge is -2.27. The van der Waals surface area contributed by atoms with Crippen LogP contribution in [-0.2, 0) is 4.79 Å². The Labute approximate surface area is 139 Å². The van der Waals surface area contributed by atoms with Crippen LogP contribution in [0.15, 0.2) is 18.2 Å². The van der Waals surface area contributed by atoms with Crippen LogP contribution >= 0.6 is 12.4 Å². The Kier molecular flexibility index (Phi) is 7.52. The number of nitrogen functional groups attached to an aromatic ring is 1. The smallest absolute Gasteiger partial charge is 0.224 e. The second-order valence-electron chi connectivity index (χ2n) is 6.08. The summed E-state index contributed by atoms with van der Waals surface area (Å²) in [5, 5.41) is 2.93. The number of methoxy groups -OCH3 is 1. The van der Waals surface area contributed by atoms with E-state index in [1.165, 1.54) is 32.1 Å². The van der Waals surface area contributed by atoms with Gasteiger partial charge in [-0.3, -0.25) is 4.79 Å². The van der Waals surface area contributed by atoms with Gasteiger partial charge in [-0.1, -0.05) is 39.0 Å². The van der Waals surface area contributed by atoms with Crippen molar-refractivity contribution in [1.82, 2.24) is 0 Å². The minimum Gasteiger partial charge on any atom is -0.495 e. The lowest BCUT2D eigenvalue weighted by molar-refractivity contribution is -0.117. The van der Waals surface area contributed by atoms with E-state index in [0.29, 0.717) is 29.7 Å². The van der Waals surface area contributed by atoms with Crippen LogP contribution in [0.5, 0.6) is 5.75 Å². The highest BCUT2D eigenvalue weighted by molar-refractivity contribution is 5.91. The van der Waals surface area contributed by atoms with Gasteiger partial charge in [-0.25, -0.2) is 0 Å². The van der Waals surface area contributed by atoms with Crippen LogP contribution in [0, 0.1) is 11.8 Å². The Morgan fingerprint density at radius 1 is 1.36 bits per heavy atom. The van der Waals surface area contributed by atoms with E-state index in [-0.39, 0.29) is 18.3 Å². The largest absolute Gasteiger partial charge is 0.495 e. The van der Waals surface area contributed by atoms with Crippen LogP contribution in [0.2, 0.25) is 0 Å². The standard InChI is InChI=1S/C17H26N2O2.ClH/c1-12(13-6-4-3-5-7-13)10-17(20)19-14-8-9-16(21-2)15(18)11-14;/h8-9,11-13H,3-7,10,18H2,1-2H3,(H,19,20);1H. The molecule has 0 saturated heterocycles. The van der Waals surface area contributed by atoms with E-state index in [1.807, 2.05) is 6.07 Å². The normalized spacial score (nSPS) is 16.5. The van der Waals surface area contributed by atoms with Gasteiger partial charge in [-0.2, -0.15) is 0 Å². The number of carbonyl (C=O) groups excluding carboxylic acids is 1. The van der Waals surface area contributed by atoms with E-state index in [2.05, 4.69) is 12.2 Å². The van der Waals surface area contributed by atoms with E-state index in [9.17, 15) is 4.79 Å². The predicted octanol–water partition coefficient (Wildman–Crippen LogP) is 4.24. The molecular weight excluding hydrogens is 300 g/mol. The average Bonchev–Trinajstić information content (AvgIpc) is 2.48. The highest BCUT2D eigenvalue weighted by Gasteiger charge is 2.22. The van der Waals surface area contributed by atoms with Crippen LogP contribution in [0.25, 0.3) is 0 Å². The quantitative estimate of drug-likeness (QED) is 0.795. The molecule has 0 aliphatic heterocycles. The number of benzene rings is 1. The third-order valence-corrected chi connectivity index (χ3v) is 4.48. The lowest BCUT2D eigenvalue weighted by atomic mass is 9.79. The molecule has 1 aromatic carbocycles. The molecule has 1 unspecified atom stereocenters. The van der Waals surface area contributed by atoms with Crippen LogP contribution < -0.4 is 15.8 Å². The number of nitrogens with two attached hydrogens (primary N) is 1. The van der Waals surface area contributed by atoms with Gasteiger partial charge in [-0.05, 0) is 30.0 Å². The predicted molar refractivity (Wildman–Crippen MR) is 93.6 cm³/mol. The zero-order chi connectivity index (χ0) is 15.2. The van der Waals surface area contributed by atoms with Gasteiger partial charge in [0.2, 0.25) is 5.91 Å². The summed E-state index contributed by atoms with van der Waals surface area (Å²) in [6, 6.07) is 5.33. The first kappa shape index (κ1) is 18.6. The maximum atomic E-state index is 12.1. The SMILES string of the molecule is COc1ccc(NC(=O)CC(C)C2CCCCC2)cc1N.Cl. The molecule has 0 radical (unpaired) electrons. The summed E-state index contributed by atoms with van der Waals surface area (Å²) in [5.41, 5.74) is 7.12. The van der Waals surface area contributed by atoms with Gasteiger partial charge in [0.1, 0.15) is 5.75 Å². The van der Waals surface area contributed by atoms with E-state index in [4.69, 9.17) is 10.5 Å². The van der Waals surface area contributed by atoms with Crippen LogP contribution in [0.3, 0.4) is 0 Å². The molecule has 4 nitrogen and oxygen atoms in total. The Morgan fingerprint density at radius 2 is 2.05 bits per heavy atom. The van der Waals surface area contributed by atoms with Gasteiger partial charge in [0.25, 0.3) is 0 Å². The minimum atomic E-state index is 0. The number of carbonyl (C=O) groups is 1. The highest BCUT2D eigenvalue weighted by atomic mass is 35.5. The maximum absolute atomic E-state index is 12.1. The fourth-order valence-corrected chi connectivity index (χ4v) is 3.19. The molecule has 5 heteroatoms. The van der Waals surface area contributed by atoms with Crippen LogP contribution in [0.4, 0.5) is 11.4 Å². The molecule has 0 heterocycles. The fourth-order valence-electron chi connectivity index (χ4n) is 3.19. The van der Waals surface area contributed by atoms with Gasteiger partial charge in [-0.15, -0.1) is 12.4 Å². The zero-order valence-electron chi connectivity index (χ0n) is 13.4. The summed E-state index contributed by atoms with van der Waals surface area (Å²) in [6.07, 6.45) is 7.09. The molecule has 1 aromatic rings. The number of amides is 1. The van der Waals surface area contributed by atoms with Gasteiger partial charge in [0, 0.05) is 12.1 Å². The molecule has 1 aliphatic rings. The minimum absolute atomic E-state index is 0. The molecule has 1 amide bonds. The number of rotatable bonds is 5. The van der Waals surface area contributed by atoms with Crippen molar-refractivity contribution in [1.29, 1.82) is 0 Å². The molecule has 0 bridgehead atoms. The molecule has 0 aromatic heterocycles. The molecule has 22 heavy (non-hydrogen) atoms. The molecule has 1 atom stereocenters. The number of anilines is 2. The number of nitrogens with one attached hydrogen (secondary N) is 1. The van der Waals surface area contributed by atoms with E-state index < -0.39 is 0 Å². The van der Waals surface area contributed by atoms with E-state index >= 15 is 0 Å². The molecule has 1 saturated carbocycles. The number of hydrogen-bond donors (Lipinski definition) is 2. The maximum Gasteiger partial charge on any atom is 0.224 e. The van der Waals surface area contributed by atoms with Crippen molar-refractivity contribution in [2.45, 2.75) is 45.4 Å². The fraction of sp³-hybridized carbons (Fsp3) is 0.588. The molecule has 0 spiro atoms. The molecule has 1 fully saturated rings. The van der Waals surface area contributed by atoms with Crippen LogP contribution in [0.1, 0.15) is 45.4 Å². The number of hydrogen-bond acceptors (Lipinski definition) is 3. The Balaban J connectivity index is 0.00000242. The third-order valence-electron chi connectivity index (χ3n) is 4.48. The Morgan fingerprint density at radius 3 is 2.64 bits per heavy atom. The van der Waals surface area contributed by atoms with Crippen molar-refractivity contribution in [3.8, 4) is 5.75 Å². The summed E-state index contributed by atoms with van der Waals surface area (Å²) < 4.78 is 5.11. The summed E-state index contributed by atoms with van der Waals surface area (Å²) in [5.74, 6) is 1.84.